The van der Waals surface area contributed by atoms with Crippen LogP contribution in [0.4, 0.5) is 0 Å². The fourth-order valence-corrected chi connectivity index (χ4v) is 2.11. The fourth-order valence-electron chi connectivity index (χ4n) is 2.11. The number of benzene rings is 1. The van der Waals surface area contributed by atoms with Crippen LogP contribution in [0.2, 0.25) is 0 Å². The normalized spacial score (nSPS) is 21.6. The van der Waals surface area contributed by atoms with Crippen molar-refractivity contribution in [2.45, 2.75) is 19.1 Å². The maximum absolute atomic E-state index is 10.3. The molecule has 3 heteroatoms. The molecular weight excluding hydrogens is 202 g/mol. The number of hydrogen-bond donors (Lipinski definition) is 1. The molecular formula is C13H19NO2. The molecule has 88 valence electrons. The molecule has 0 unspecified atom stereocenters. The third-order valence-corrected chi connectivity index (χ3v) is 3.22. The summed E-state index contributed by atoms with van der Waals surface area (Å²) in [6, 6.07) is 9.99. The standard InChI is InChI=1S/C13H19NO2/c1-11(14-7-9-16-10-8-14)13(15)12-5-3-2-4-6-12/h2-6,11,13,15H,7-10H2,1H3/t11-,13+/m1/s1. The SMILES string of the molecule is C[C@H]([C@H](O)c1ccccc1)N1CCOCC1. The van der Waals surface area contributed by atoms with E-state index in [9.17, 15) is 5.11 Å². The van der Waals surface area contributed by atoms with Crippen molar-refractivity contribution >= 4 is 0 Å². The van der Waals surface area contributed by atoms with E-state index in [-0.39, 0.29) is 6.04 Å². The summed E-state index contributed by atoms with van der Waals surface area (Å²) >= 11 is 0. The molecule has 0 aromatic heterocycles. The zero-order valence-electron chi connectivity index (χ0n) is 9.67. The second-order valence-electron chi connectivity index (χ2n) is 4.24. The van der Waals surface area contributed by atoms with Crippen LogP contribution in [-0.4, -0.2) is 42.4 Å². The van der Waals surface area contributed by atoms with Crippen molar-refractivity contribution in [3.63, 3.8) is 0 Å². The Kier molecular flexibility index (Phi) is 3.93. The molecule has 0 saturated carbocycles. The van der Waals surface area contributed by atoms with Crippen molar-refractivity contribution in [1.82, 2.24) is 4.90 Å². The summed E-state index contributed by atoms with van der Waals surface area (Å²) in [5, 5.41) is 10.3. The van der Waals surface area contributed by atoms with Gasteiger partial charge in [0.25, 0.3) is 0 Å². The minimum Gasteiger partial charge on any atom is -0.387 e. The minimum absolute atomic E-state index is 0.145. The fraction of sp³-hybridized carbons (Fsp3) is 0.538. The number of hydrogen-bond acceptors (Lipinski definition) is 3. The molecule has 0 spiro atoms. The predicted octanol–water partition coefficient (Wildman–Crippen LogP) is 1.44. The summed E-state index contributed by atoms with van der Waals surface area (Å²) in [6.45, 7) is 5.43. The van der Waals surface area contributed by atoms with Gasteiger partial charge in [-0.3, -0.25) is 4.90 Å². The van der Waals surface area contributed by atoms with Gasteiger partial charge in [-0.15, -0.1) is 0 Å². The molecule has 1 heterocycles. The number of aliphatic hydroxyl groups excluding tert-OH is 1. The van der Waals surface area contributed by atoms with Crippen LogP contribution in [-0.2, 0) is 4.74 Å². The molecule has 16 heavy (non-hydrogen) atoms. The number of rotatable bonds is 3. The van der Waals surface area contributed by atoms with E-state index in [1.807, 2.05) is 30.3 Å². The van der Waals surface area contributed by atoms with E-state index in [2.05, 4.69) is 11.8 Å². The summed E-state index contributed by atoms with van der Waals surface area (Å²) in [5.74, 6) is 0. The smallest absolute Gasteiger partial charge is 0.0942 e. The first kappa shape index (κ1) is 11.6. The molecule has 2 atom stereocenters. The Balaban J connectivity index is 2.00. The minimum atomic E-state index is -0.417. The van der Waals surface area contributed by atoms with E-state index in [4.69, 9.17) is 4.74 Å². The Morgan fingerprint density at radius 3 is 2.44 bits per heavy atom. The lowest BCUT2D eigenvalue weighted by molar-refractivity contribution is -0.0166. The van der Waals surface area contributed by atoms with Crippen molar-refractivity contribution < 1.29 is 9.84 Å². The lowest BCUT2D eigenvalue weighted by Crippen LogP contribution is -2.44. The monoisotopic (exact) mass is 221 g/mol. The molecule has 1 saturated heterocycles. The van der Waals surface area contributed by atoms with E-state index >= 15 is 0 Å². The molecule has 0 amide bonds. The molecule has 2 rings (SSSR count). The van der Waals surface area contributed by atoms with E-state index in [1.54, 1.807) is 0 Å². The first-order chi connectivity index (χ1) is 7.79. The van der Waals surface area contributed by atoms with Gasteiger partial charge in [-0.2, -0.15) is 0 Å². The lowest BCUT2D eigenvalue weighted by Gasteiger charge is -2.35. The molecule has 3 nitrogen and oxygen atoms in total. The van der Waals surface area contributed by atoms with Gasteiger partial charge in [0.15, 0.2) is 0 Å². The molecule has 1 N–H and O–H groups in total. The van der Waals surface area contributed by atoms with Crippen molar-refractivity contribution in [1.29, 1.82) is 0 Å². The molecule has 1 aromatic carbocycles. The summed E-state index contributed by atoms with van der Waals surface area (Å²) in [4.78, 5) is 2.28. The highest BCUT2D eigenvalue weighted by Crippen LogP contribution is 2.21. The Labute approximate surface area is 96.6 Å². The first-order valence-electron chi connectivity index (χ1n) is 5.84. The van der Waals surface area contributed by atoms with Gasteiger partial charge in [0, 0.05) is 19.1 Å². The summed E-state index contributed by atoms with van der Waals surface area (Å²) in [5.41, 5.74) is 0.987. The van der Waals surface area contributed by atoms with Crippen LogP contribution in [0.25, 0.3) is 0 Å². The van der Waals surface area contributed by atoms with Crippen LogP contribution < -0.4 is 0 Å². The van der Waals surface area contributed by atoms with Crippen molar-refractivity contribution in [2.24, 2.45) is 0 Å². The van der Waals surface area contributed by atoms with E-state index in [0.29, 0.717) is 0 Å². The molecule has 0 radical (unpaired) electrons. The highest BCUT2D eigenvalue weighted by molar-refractivity contribution is 5.18. The van der Waals surface area contributed by atoms with Crippen LogP contribution in [0.3, 0.4) is 0 Å². The van der Waals surface area contributed by atoms with E-state index < -0.39 is 6.10 Å². The highest BCUT2D eigenvalue weighted by atomic mass is 16.5. The zero-order valence-corrected chi connectivity index (χ0v) is 9.67. The van der Waals surface area contributed by atoms with Gasteiger partial charge in [0.1, 0.15) is 0 Å². The molecule has 0 bridgehead atoms. The second-order valence-corrected chi connectivity index (χ2v) is 4.24. The van der Waals surface area contributed by atoms with E-state index in [0.717, 1.165) is 31.9 Å². The van der Waals surface area contributed by atoms with Gasteiger partial charge in [0.2, 0.25) is 0 Å². The molecule has 0 aliphatic carbocycles. The van der Waals surface area contributed by atoms with Gasteiger partial charge in [0.05, 0.1) is 19.3 Å². The van der Waals surface area contributed by atoms with Crippen LogP contribution >= 0.6 is 0 Å². The maximum Gasteiger partial charge on any atom is 0.0942 e. The van der Waals surface area contributed by atoms with Crippen LogP contribution in [0.5, 0.6) is 0 Å². The Hall–Kier alpha value is -0.900. The van der Waals surface area contributed by atoms with Crippen LogP contribution in [0.15, 0.2) is 30.3 Å². The van der Waals surface area contributed by atoms with Gasteiger partial charge < -0.3 is 9.84 Å². The van der Waals surface area contributed by atoms with E-state index in [1.165, 1.54) is 0 Å². The van der Waals surface area contributed by atoms with Crippen molar-refractivity contribution in [3.8, 4) is 0 Å². The molecule has 1 aliphatic heterocycles. The quantitative estimate of drug-likeness (QED) is 0.838. The topological polar surface area (TPSA) is 32.7 Å². The third-order valence-electron chi connectivity index (χ3n) is 3.22. The zero-order chi connectivity index (χ0) is 11.4. The van der Waals surface area contributed by atoms with Gasteiger partial charge >= 0.3 is 0 Å². The molecule has 1 fully saturated rings. The molecule has 1 aromatic rings. The second kappa shape index (κ2) is 5.43. The Bertz CT molecular complexity index is 309. The average molecular weight is 221 g/mol. The summed E-state index contributed by atoms with van der Waals surface area (Å²) < 4.78 is 5.31. The lowest BCUT2D eigenvalue weighted by atomic mass is 10.0. The third kappa shape index (κ3) is 2.61. The van der Waals surface area contributed by atoms with Crippen molar-refractivity contribution in [3.05, 3.63) is 35.9 Å². The maximum atomic E-state index is 10.3. The van der Waals surface area contributed by atoms with Crippen molar-refractivity contribution in [2.75, 3.05) is 26.3 Å². The summed E-state index contributed by atoms with van der Waals surface area (Å²) in [7, 11) is 0. The molecule has 1 aliphatic rings. The van der Waals surface area contributed by atoms with Gasteiger partial charge in [-0.05, 0) is 12.5 Å². The van der Waals surface area contributed by atoms with Gasteiger partial charge in [-0.1, -0.05) is 30.3 Å². The van der Waals surface area contributed by atoms with Crippen LogP contribution in [0, 0.1) is 0 Å². The summed E-state index contributed by atoms with van der Waals surface area (Å²) in [6.07, 6.45) is -0.417. The highest BCUT2D eigenvalue weighted by Gasteiger charge is 2.24. The Morgan fingerprint density at radius 2 is 1.81 bits per heavy atom. The largest absolute Gasteiger partial charge is 0.387 e. The van der Waals surface area contributed by atoms with Crippen LogP contribution in [0.1, 0.15) is 18.6 Å². The predicted molar refractivity (Wildman–Crippen MR) is 63.3 cm³/mol. The number of nitrogens with zero attached hydrogens (tertiary/aromatic N) is 1. The number of aliphatic hydroxyl groups is 1. The average Bonchev–Trinajstić information content (AvgIpc) is 2.39. The van der Waals surface area contributed by atoms with Gasteiger partial charge in [-0.25, -0.2) is 0 Å². The number of ether oxygens (including phenoxy) is 1. The Morgan fingerprint density at radius 1 is 1.19 bits per heavy atom. The first-order valence-corrected chi connectivity index (χ1v) is 5.84. The number of morpholine rings is 1.